The molecule has 0 unspecified atom stereocenters. The van der Waals surface area contributed by atoms with Crippen molar-refractivity contribution < 1.29 is 9.53 Å². The Morgan fingerprint density at radius 1 is 1.13 bits per heavy atom. The number of carbonyl (C=O) groups excluding carboxylic acids is 1. The largest absolute Gasteiger partial charge is 0.495 e. The predicted octanol–water partition coefficient (Wildman–Crippen LogP) is 3.39. The Hall–Kier alpha value is -3.12. The monoisotopic (exact) mass is 402 g/mol. The fourth-order valence-corrected chi connectivity index (χ4v) is 4.76. The molecule has 3 heterocycles. The van der Waals surface area contributed by atoms with Gasteiger partial charge in [-0.1, -0.05) is 36.4 Å². The molecule has 5 rings (SSSR count). The number of carbonyl (C=O) groups is 1. The van der Waals surface area contributed by atoms with Crippen LogP contribution >= 0.6 is 0 Å². The minimum Gasteiger partial charge on any atom is -0.495 e. The van der Waals surface area contributed by atoms with Crippen LogP contribution < -0.4 is 9.64 Å². The number of aryl methyl sites for hydroxylation is 1. The number of anilines is 1. The van der Waals surface area contributed by atoms with E-state index in [4.69, 9.17) is 4.74 Å². The Bertz CT molecular complexity index is 1090. The van der Waals surface area contributed by atoms with Crippen LogP contribution in [0.2, 0.25) is 0 Å². The first-order valence-corrected chi connectivity index (χ1v) is 10.3. The molecular weight excluding hydrogens is 376 g/mol. The summed E-state index contributed by atoms with van der Waals surface area (Å²) in [6.45, 7) is 3.70. The molecular formula is C24H26N4O2. The van der Waals surface area contributed by atoms with Crippen molar-refractivity contribution in [1.82, 2.24) is 14.7 Å². The second-order valence-corrected chi connectivity index (χ2v) is 8.17. The third kappa shape index (κ3) is 2.99. The van der Waals surface area contributed by atoms with Gasteiger partial charge in [-0.05, 0) is 36.6 Å². The zero-order chi connectivity index (χ0) is 20.8. The first kappa shape index (κ1) is 18.9. The van der Waals surface area contributed by atoms with Gasteiger partial charge >= 0.3 is 0 Å². The molecule has 2 fully saturated rings. The normalized spacial score (nSPS) is 20.9. The van der Waals surface area contributed by atoms with E-state index in [1.165, 1.54) is 5.56 Å². The predicted molar refractivity (Wildman–Crippen MR) is 116 cm³/mol. The van der Waals surface area contributed by atoms with E-state index in [2.05, 4.69) is 35.1 Å². The molecule has 30 heavy (non-hydrogen) atoms. The molecule has 2 aliphatic rings. The average molecular weight is 402 g/mol. The summed E-state index contributed by atoms with van der Waals surface area (Å²) >= 11 is 0. The van der Waals surface area contributed by atoms with Crippen LogP contribution in [0.25, 0.3) is 11.1 Å². The van der Waals surface area contributed by atoms with Gasteiger partial charge in [0.25, 0.3) is 0 Å². The highest BCUT2D eigenvalue weighted by Gasteiger charge is 2.50. The van der Waals surface area contributed by atoms with E-state index in [0.29, 0.717) is 0 Å². The lowest BCUT2D eigenvalue weighted by molar-refractivity contribution is -0.122. The zero-order valence-corrected chi connectivity index (χ0v) is 17.6. The third-order valence-corrected chi connectivity index (χ3v) is 6.52. The van der Waals surface area contributed by atoms with E-state index < -0.39 is 0 Å². The Morgan fingerprint density at radius 3 is 2.60 bits per heavy atom. The Balaban J connectivity index is 1.43. The van der Waals surface area contributed by atoms with Crippen LogP contribution in [0.5, 0.6) is 5.75 Å². The maximum Gasteiger partial charge on any atom is 0.244 e. The summed E-state index contributed by atoms with van der Waals surface area (Å²) in [6.07, 6.45) is 2.77. The molecule has 0 saturated carbocycles. The van der Waals surface area contributed by atoms with Crippen molar-refractivity contribution in [3.05, 3.63) is 66.0 Å². The van der Waals surface area contributed by atoms with Crippen molar-refractivity contribution in [2.75, 3.05) is 18.6 Å². The van der Waals surface area contributed by atoms with Gasteiger partial charge in [-0.3, -0.25) is 14.4 Å². The number of fused-ring (bicyclic) bond motifs is 2. The molecule has 154 valence electrons. The Morgan fingerprint density at radius 2 is 1.93 bits per heavy atom. The number of methoxy groups -OCH3 is 1. The highest BCUT2D eigenvalue weighted by atomic mass is 16.5. The van der Waals surface area contributed by atoms with Gasteiger partial charge < -0.3 is 9.64 Å². The Kier molecular flexibility index (Phi) is 4.59. The minimum atomic E-state index is -0.0836. The number of benzene rings is 2. The molecule has 0 aliphatic carbocycles. The molecule has 6 nitrogen and oxygen atoms in total. The van der Waals surface area contributed by atoms with Crippen molar-refractivity contribution >= 4 is 11.6 Å². The summed E-state index contributed by atoms with van der Waals surface area (Å²) < 4.78 is 7.51. The quantitative estimate of drug-likeness (QED) is 0.656. The van der Waals surface area contributed by atoms with E-state index in [9.17, 15) is 4.79 Å². The van der Waals surface area contributed by atoms with E-state index in [-0.39, 0.29) is 18.0 Å². The fourth-order valence-electron chi connectivity index (χ4n) is 4.76. The van der Waals surface area contributed by atoms with Crippen LogP contribution in [0, 0.1) is 6.92 Å². The SMILES string of the molecule is COc1ccc(-c2ccccc2)cc1N1C(=O)[C@@H]2C[C@H]1CN2Cc1cnn(C)c1C. The maximum atomic E-state index is 13.4. The van der Waals surface area contributed by atoms with Gasteiger partial charge in [-0.25, -0.2) is 0 Å². The second-order valence-electron chi connectivity index (χ2n) is 8.17. The number of aromatic nitrogens is 2. The number of hydrogen-bond acceptors (Lipinski definition) is 4. The number of piperazine rings is 1. The standard InChI is InChI=1S/C24H26N4O2/c1-16-19(13-25-26(16)2)14-27-15-20-12-22(27)24(29)28(20)21-11-18(9-10-23(21)30-3)17-7-5-4-6-8-17/h4-11,13,20,22H,12,14-15H2,1-3H3/t20-,22-/m0/s1. The molecule has 3 aromatic rings. The summed E-state index contributed by atoms with van der Waals surface area (Å²) in [7, 11) is 3.62. The molecule has 1 aromatic heterocycles. The van der Waals surface area contributed by atoms with E-state index in [1.807, 2.05) is 53.2 Å². The van der Waals surface area contributed by atoms with Gasteiger partial charge in [0.05, 0.1) is 31.1 Å². The summed E-state index contributed by atoms with van der Waals surface area (Å²) in [6, 6.07) is 16.4. The highest BCUT2D eigenvalue weighted by Crippen LogP contribution is 2.42. The van der Waals surface area contributed by atoms with Crippen LogP contribution in [-0.2, 0) is 18.4 Å². The first-order valence-electron chi connectivity index (χ1n) is 10.3. The molecule has 6 heteroatoms. The van der Waals surface area contributed by atoms with Crippen molar-refractivity contribution in [3.8, 4) is 16.9 Å². The van der Waals surface area contributed by atoms with Crippen molar-refractivity contribution in [2.45, 2.75) is 32.0 Å². The third-order valence-electron chi connectivity index (χ3n) is 6.52. The average Bonchev–Trinajstić information content (AvgIpc) is 3.42. The van der Waals surface area contributed by atoms with Gasteiger partial charge in [0, 0.05) is 31.4 Å². The number of nitrogens with zero attached hydrogens (tertiary/aromatic N) is 4. The molecule has 0 N–H and O–H groups in total. The smallest absolute Gasteiger partial charge is 0.244 e. The van der Waals surface area contributed by atoms with Gasteiger partial charge in [0.15, 0.2) is 0 Å². The molecule has 1 amide bonds. The van der Waals surface area contributed by atoms with Crippen LogP contribution in [-0.4, -0.2) is 46.3 Å². The van der Waals surface area contributed by atoms with Crippen LogP contribution in [0.1, 0.15) is 17.7 Å². The van der Waals surface area contributed by atoms with Gasteiger partial charge in [-0.15, -0.1) is 0 Å². The summed E-state index contributed by atoms with van der Waals surface area (Å²) in [5, 5.41) is 4.34. The van der Waals surface area contributed by atoms with Crippen LogP contribution in [0.15, 0.2) is 54.7 Å². The number of rotatable bonds is 5. The van der Waals surface area contributed by atoms with E-state index >= 15 is 0 Å². The summed E-state index contributed by atoms with van der Waals surface area (Å²) in [5.41, 5.74) is 5.43. The van der Waals surface area contributed by atoms with E-state index in [1.54, 1.807) is 7.11 Å². The fraction of sp³-hybridized carbons (Fsp3) is 0.333. The second kappa shape index (κ2) is 7.29. The van der Waals surface area contributed by atoms with Gasteiger partial charge in [-0.2, -0.15) is 5.10 Å². The topological polar surface area (TPSA) is 50.6 Å². The molecule has 0 radical (unpaired) electrons. The number of likely N-dealkylation sites (tertiary alicyclic amines) is 1. The van der Waals surface area contributed by atoms with Crippen molar-refractivity contribution in [1.29, 1.82) is 0 Å². The highest BCUT2D eigenvalue weighted by molar-refractivity contribution is 6.03. The van der Waals surface area contributed by atoms with Gasteiger partial charge in [0.1, 0.15) is 5.75 Å². The Labute approximate surface area is 176 Å². The molecule has 2 aliphatic heterocycles. The molecule has 2 bridgehead atoms. The van der Waals surface area contributed by atoms with Crippen LogP contribution in [0.4, 0.5) is 5.69 Å². The lowest BCUT2D eigenvalue weighted by atomic mass is 10.0. The molecule has 2 aromatic carbocycles. The van der Waals surface area contributed by atoms with E-state index in [0.717, 1.165) is 47.8 Å². The summed E-state index contributed by atoms with van der Waals surface area (Å²) in [5.74, 6) is 0.904. The van der Waals surface area contributed by atoms with Gasteiger partial charge in [0.2, 0.25) is 5.91 Å². The molecule has 2 saturated heterocycles. The first-order chi connectivity index (χ1) is 14.6. The number of hydrogen-bond donors (Lipinski definition) is 0. The molecule has 2 atom stereocenters. The zero-order valence-electron chi connectivity index (χ0n) is 17.6. The lowest BCUT2D eigenvalue weighted by Gasteiger charge is -2.34. The van der Waals surface area contributed by atoms with Crippen LogP contribution in [0.3, 0.4) is 0 Å². The van der Waals surface area contributed by atoms with Crippen molar-refractivity contribution in [3.63, 3.8) is 0 Å². The summed E-state index contributed by atoms with van der Waals surface area (Å²) in [4.78, 5) is 17.6. The lowest BCUT2D eigenvalue weighted by Crippen LogP contribution is -2.50. The molecule has 0 spiro atoms. The van der Waals surface area contributed by atoms with Crippen molar-refractivity contribution in [2.24, 2.45) is 7.05 Å². The maximum absolute atomic E-state index is 13.4. The number of amides is 1. The number of ether oxygens (including phenoxy) is 1. The minimum absolute atomic E-state index is 0.0836.